The standard InChI is InChI=1S/C21H27N3O3S/c1-13-8-7-9-14(2)17(13)26-18-15-10-11-24(20(25)27-21(3,4)5)12-16(15)22-19(23-18)28-6/h7-9H,10-12H2,1-6H3. The maximum absolute atomic E-state index is 12.5. The van der Waals surface area contributed by atoms with Crippen LogP contribution in [0.25, 0.3) is 0 Å². The SMILES string of the molecule is CSc1nc2c(c(Oc3c(C)cccc3C)n1)CCN(C(=O)OC(C)(C)C)C2. The highest BCUT2D eigenvalue weighted by atomic mass is 32.2. The van der Waals surface area contributed by atoms with Crippen molar-refractivity contribution in [3.63, 3.8) is 0 Å². The zero-order valence-electron chi connectivity index (χ0n) is 17.3. The molecule has 0 N–H and O–H groups in total. The quantitative estimate of drug-likeness (QED) is 0.538. The molecule has 0 bridgehead atoms. The highest BCUT2D eigenvalue weighted by Gasteiger charge is 2.29. The lowest BCUT2D eigenvalue weighted by Crippen LogP contribution is -2.40. The van der Waals surface area contributed by atoms with Crippen molar-refractivity contribution >= 4 is 17.9 Å². The van der Waals surface area contributed by atoms with Gasteiger partial charge in [-0.15, -0.1) is 0 Å². The van der Waals surface area contributed by atoms with E-state index in [2.05, 4.69) is 9.97 Å². The van der Waals surface area contributed by atoms with Gasteiger partial charge in [-0.05, 0) is 58.4 Å². The number of rotatable bonds is 3. The Morgan fingerprint density at radius 2 is 1.86 bits per heavy atom. The van der Waals surface area contributed by atoms with Crippen molar-refractivity contribution in [3.8, 4) is 11.6 Å². The first kappa shape index (κ1) is 20.5. The third-order valence-electron chi connectivity index (χ3n) is 4.45. The van der Waals surface area contributed by atoms with Crippen LogP contribution in [-0.2, 0) is 17.7 Å². The molecular weight excluding hydrogens is 374 g/mol. The molecule has 0 unspecified atom stereocenters. The summed E-state index contributed by atoms with van der Waals surface area (Å²) < 4.78 is 11.8. The van der Waals surface area contributed by atoms with E-state index in [1.165, 1.54) is 11.8 Å². The minimum atomic E-state index is -0.524. The van der Waals surface area contributed by atoms with E-state index in [9.17, 15) is 4.79 Å². The smallest absolute Gasteiger partial charge is 0.410 e. The van der Waals surface area contributed by atoms with E-state index in [4.69, 9.17) is 9.47 Å². The van der Waals surface area contributed by atoms with Crippen molar-refractivity contribution in [2.75, 3.05) is 12.8 Å². The van der Waals surface area contributed by atoms with Crippen LogP contribution in [0, 0.1) is 13.8 Å². The van der Waals surface area contributed by atoms with E-state index >= 15 is 0 Å². The van der Waals surface area contributed by atoms with Gasteiger partial charge < -0.3 is 14.4 Å². The predicted molar refractivity (Wildman–Crippen MR) is 110 cm³/mol. The molecule has 2 aromatic rings. The Morgan fingerprint density at radius 1 is 1.18 bits per heavy atom. The van der Waals surface area contributed by atoms with Crippen LogP contribution in [-0.4, -0.2) is 39.4 Å². The highest BCUT2D eigenvalue weighted by molar-refractivity contribution is 7.98. The van der Waals surface area contributed by atoms with Gasteiger partial charge in [-0.25, -0.2) is 9.78 Å². The fourth-order valence-corrected chi connectivity index (χ4v) is 3.46. The summed E-state index contributed by atoms with van der Waals surface area (Å²) in [7, 11) is 0. The average Bonchev–Trinajstić information content (AvgIpc) is 2.62. The molecule has 0 radical (unpaired) electrons. The summed E-state index contributed by atoms with van der Waals surface area (Å²) in [4.78, 5) is 23.4. The van der Waals surface area contributed by atoms with Gasteiger partial charge in [-0.3, -0.25) is 0 Å². The van der Waals surface area contributed by atoms with Crippen molar-refractivity contribution in [2.24, 2.45) is 0 Å². The van der Waals surface area contributed by atoms with Gasteiger partial charge in [0.1, 0.15) is 11.4 Å². The Morgan fingerprint density at radius 3 is 2.46 bits per heavy atom. The van der Waals surface area contributed by atoms with Gasteiger partial charge in [0.05, 0.1) is 12.2 Å². The molecule has 6 nitrogen and oxygen atoms in total. The van der Waals surface area contributed by atoms with Gasteiger partial charge in [0, 0.05) is 12.1 Å². The number of carbonyl (C=O) groups excluding carboxylic acids is 1. The third-order valence-corrected chi connectivity index (χ3v) is 5.00. The predicted octanol–water partition coefficient (Wildman–Crippen LogP) is 4.90. The van der Waals surface area contributed by atoms with Crippen LogP contribution < -0.4 is 4.74 Å². The minimum absolute atomic E-state index is 0.320. The second-order valence-corrected chi connectivity index (χ2v) is 8.69. The molecule has 1 aliphatic heterocycles. The zero-order valence-corrected chi connectivity index (χ0v) is 18.1. The van der Waals surface area contributed by atoms with Crippen LogP contribution in [0.3, 0.4) is 0 Å². The van der Waals surface area contributed by atoms with Gasteiger partial charge in [-0.1, -0.05) is 30.0 Å². The van der Waals surface area contributed by atoms with Gasteiger partial charge in [0.2, 0.25) is 5.88 Å². The normalized spacial score (nSPS) is 13.9. The van der Waals surface area contributed by atoms with Crippen molar-refractivity contribution in [2.45, 2.75) is 58.3 Å². The molecule has 1 aliphatic rings. The maximum Gasteiger partial charge on any atom is 0.410 e. The fourth-order valence-electron chi connectivity index (χ4n) is 3.09. The van der Waals surface area contributed by atoms with E-state index in [1.807, 2.05) is 59.1 Å². The molecular formula is C21H27N3O3S. The number of carbonyl (C=O) groups is 1. The van der Waals surface area contributed by atoms with E-state index in [-0.39, 0.29) is 6.09 Å². The highest BCUT2D eigenvalue weighted by Crippen LogP contribution is 2.34. The largest absolute Gasteiger partial charge is 0.444 e. The van der Waals surface area contributed by atoms with Crippen molar-refractivity contribution in [1.29, 1.82) is 0 Å². The molecule has 0 spiro atoms. The number of fused-ring (bicyclic) bond motifs is 1. The van der Waals surface area contributed by atoms with Crippen LogP contribution in [0.4, 0.5) is 4.79 Å². The van der Waals surface area contributed by atoms with Crippen LogP contribution >= 0.6 is 11.8 Å². The maximum atomic E-state index is 12.5. The summed E-state index contributed by atoms with van der Waals surface area (Å²) in [6.07, 6.45) is 2.24. The number of amides is 1. The van der Waals surface area contributed by atoms with E-state index in [1.54, 1.807) is 4.90 Å². The molecule has 1 amide bonds. The van der Waals surface area contributed by atoms with E-state index in [0.29, 0.717) is 30.5 Å². The van der Waals surface area contributed by atoms with Gasteiger partial charge in [0.15, 0.2) is 5.16 Å². The molecule has 150 valence electrons. The molecule has 0 atom stereocenters. The van der Waals surface area contributed by atoms with Crippen molar-refractivity contribution in [3.05, 3.63) is 40.6 Å². The molecule has 3 rings (SSSR count). The summed E-state index contributed by atoms with van der Waals surface area (Å²) in [5.74, 6) is 1.40. The molecule has 0 aliphatic carbocycles. The second kappa shape index (κ2) is 7.99. The molecule has 2 heterocycles. The Balaban J connectivity index is 1.92. The first-order valence-corrected chi connectivity index (χ1v) is 10.6. The molecule has 0 saturated heterocycles. The van der Waals surface area contributed by atoms with Crippen molar-refractivity contribution < 1.29 is 14.3 Å². The Kier molecular flexibility index (Phi) is 5.84. The summed E-state index contributed by atoms with van der Waals surface area (Å²) in [5, 5.41) is 0.631. The van der Waals surface area contributed by atoms with Gasteiger partial charge in [-0.2, -0.15) is 4.98 Å². The summed E-state index contributed by atoms with van der Waals surface area (Å²) >= 11 is 1.46. The van der Waals surface area contributed by atoms with E-state index < -0.39 is 5.60 Å². The molecule has 0 saturated carbocycles. The Labute approximate surface area is 170 Å². The fraction of sp³-hybridized carbons (Fsp3) is 0.476. The number of thioether (sulfide) groups is 1. The lowest BCUT2D eigenvalue weighted by atomic mass is 10.1. The zero-order chi connectivity index (χ0) is 20.5. The second-order valence-electron chi connectivity index (χ2n) is 7.92. The number of ether oxygens (including phenoxy) is 2. The number of hydrogen-bond acceptors (Lipinski definition) is 6. The Hall–Kier alpha value is -2.28. The summed E-state index contributed by atoms with van der Waals surface area (Å²) in [5.41, 5.74) is 3.37. The molecule has 0 fully saturated rings. The number of para-hydroxylation sites is 1. The van der Waals surface area contributed by atoms with Crippen LogP contribution in [0.2, 0.25) is 0 Å². The Bertz CT molecular complexity index is 873. The lowest BCUT2D eigenvalue weighted by molar-refractivity contribution is 0.0219. The third kappa shape index (κ3) is 4.58. The average molecular weight is 402 g/mol. The topological polar surface area (TPSA) is 64.6 Å². The lowest BCUT2D eigenvalue weighted by Gasteiger charge is -2.31. The number of aryl methyl sites for hydroxylation is 2. The minimum Gasteiger partial charge on any atom is -0.444 e. The van der Waals surface area contributed by atoms with Crippen LogP contribution in [0.1, 0.15) is 43.2 Å². The number of hydrogen-bond donors (Lipinski definition) is 0. The molecule has 28 heavy (non-hydrogen) atoms. The van der Waals surface area contributed by atoms with Gasteiger partial charge in [0.25, 0.3) is 0 Å². The molecule has 7 heteroatoms. The van der Waals surface area contributed by atoms with Crippen LogP contribution in [0.15, 0.2) is 23.4 Å². The molecule has 1 aromatic heterocycles. The monoisotopic (exact) mass is 401 g/mol. The number of aromatic nitrogens is 2. The summed E-state index contributed by atoms with van der Waals surface area (Å²) in [6.45, 7) is 10.6. The first-order chi connectivity index (χ1) is 13.2. The van der Waals surface area contributed by atoms with Crippen LogP contribution in [0.5, 0.6) is 11.6 Å². The van der Waals surface area contributed by atoms with Gasteiger partial charge >= 0.3 is 6.09 Å². The number of nitrogens with zero attached hydrogens (tertiary/aromatic N) is 3. The molecule has 1 aromatic carbocycles. The number of benzene rings is 1. The summed E-state index contributed by atoms with van der Waals surface area (Å²) in [6, 6.07) is 6.06. The van der Waals surface area contributed by atoms with E-state index in [0.717, 1.165) is 28.1 Å². The first-order valence-electron chi connectivity index (χ1n) is 9.33. The van der Waals surface area contributed by atoms with Crippen molar-refractivity contribution in [1.82, 2.24) is 14.9 Å².